The van der Waals surface area contributed by atoms with Gasteiger partial charge in [0.15, 0.2) is 0 Å². The summed E-state index contributed by atoms with van der Waals surface area (Å²) in [6, 6.07) is 9.42. The zero-order valence-electron chi connectivity index (χ0n) is 13.6. The van der Waals surface area contributed by atoms with E-state index in [2.05, 4.69) is 9.71 Å². The molecule has 1 fully saturated rings. The maximum atomic E-state index is 12.5. The quantitative estimate of drug-likeness (QED) is 0.756. The Morgan fingerprint density at radius 1 is 1.28 bits per heavy atom. The van der Waals surface area contributed by atoms with Gasteiger partial charge in [-0.1, -0.05) is 6.07 Å². The van der Waals surface area contributed by atoms with Gasteiger partial charge in [-0.2, -0.15) is 0 Å². The Kier molecular flexibility index (Phi) is 5.00. The molecule has 1 heterocycles. The maximum Gasteiger partial charge on any atom is 0.338 e. The van der Waals surface area contributed by atoms with Crippen molar-refractivity contribution in [2.45, 2.75) is 30.4 Å². The number of hydrogen-bond donors (Lipinski definition) is 1. The van der Waals surface area contributed by atoms with Gasteiger partial charge < -0.3 is 9.47 Å². The number of methoxy groups -OCH3 is 1. The van der Waals surface area contributed by atoms with Crippen LogP contribution in [0.1, 0.15) is 28.9 Å². The lowest BCUT2D eigenvalue weighted by molar-refractivity contribution is 0.0467. The molecule has 0 spiro atoms. The van der Waals surface area contributed by atoms with Crippen LogP contribution >= 0.6 is 0 Å². The first-order chi connectivity index (χ1) is 12.0. The summed E-state index contributed by atoms with van der Waals surface area (Å²) in [5.41, 5.74) is 0.737. The number of pyridine rings is 1. The van der Waals surface area contributed by atoms with Gasteiger partial charge in [-0.15, -0.1) is 0 Å². The van der Waals surface area contributed by atoms with Crippen LogP contribution in [0.25, 0.3) is 0 Å². The number of esters is 1. The van der Waals surface area contributed by atoms with Crippen LogP contribution < -0.4 is 9.46 Å². The number of hydrogen-bond acceptors (Lipinski definition) is 6. The molecule has 1 aromatic heterocycles. The summed E-state index contributed by atoms with van der Waals surface area (Å²) in [6.07, 6.45) is 3.23. The standard InChI is InChI=1S/C17H18N2O5S/c1-23-15-8-5-12(10-16(15)25(21,22)19-13-6-7-13)17(20)24-11-14-4-2-3-9-18-14/h2-5,8-10,13,19H,6-7,11H2,1H3. The lowest BCUT2D eigenvalue weighted by atomic mass is 10.2. The van der Waals surface area contributed by atoms with E-state index in [0.29, 0.717) is 5.69 Å². The SMILES string of the molecule is COc1ccc(C(=O)OCc2ccccn2)cc1S(=O)(=O)NC1CC1. The number of carbonyl (C=O) groups excluding carboxylic acids is 1. The van der Waals surface area contributed by atoms with Crippen LogP contribution in [0.2, 0.25) is 0 Å². The van der Waals surface area contributed by atoms with Crippen molar-refractivity contribution in [3.05, 3.63) is 53.9 Å². The topological polar surface area (TPSA) is 94.6 Å². The highest BCUT2D eigenvalue weighted by Crippen LogP contribution is 2.28. The van der Waals surface area contributed by atoms with Gasteiger partial charge in [-0.3, -0.25) is 4.98 Å². The number of sulfonamides is 1. The number of aromatic nitrogens is 1. The molecule has 0 aliphatic heterocycles. The summed E-state index contributed by atoms with van der Waals surface area (Å²) in [5.74, 6) is -0.453. The summed E-state index contributed by atoms with van der Waals surface area (Å²) < 4.78 is 37.8. The molecule has 0 unspecified atom stereocenters. The Bertz CT molecular complexity index is 864. The van der Waals surface area contributed by atoms with Crippen LogP contribution in [-0.2, 0) is 21.4 Å². The predicted molar refractivity (Wildman–Crippen MR) is 89.7 cm³/mol. The van der Waals surface area contributed by atoms with E-state index in [-0.39, 0.29) is 28.9 Å². The van der Waals surface area contributed by atoms with Crippen LogP contribution in [0.3, 0.4) is 0 Å². The molecule has 0 bridgehead atoms. The van der Waals surface area contributed by atoms with Crippen molar-refractivity contribution < 1.29 is 22.7 Å². The minimum Gasteiger partial charge on any atom is -0.495 e. The Morgan fingerprint density at radius 3 is 2.72 bits per heavy atom. The van der Waals surface area contributed by atoms with Crippen LogP contribution in [0.5, 0.6) is 5.75 Å². The van der Waals surface area contributed by atoms with Gasteiger partial charge in [-0.05, 0) is 43.2 Å². The fraction of sp³-hybridized carbons (Fsp3) is 0.294. The zero-order valence-corrected chi connectivity index (χ0v) is 14.5. The van der Waals surface area contributed by atoms with Gasteiger partial charge in [0.25, 0.3) is 0 Å². The molecule has 1 aliphatic carbocycles. The fourth-order valence-electron chi connectivity index (χ4n) is 2.20. The third kappa shape index (κ3) is 4.34. The summed E-state index contributed by atoms with van der Waals surface area (Å²) in [7, 11) is -2.38. The Morgan fingerprint density at radius 2 is 2.08 bits per heavy atom. The van der Waals surface area contributed by atoms with Crippen molar-refractivity contribution in [1.29, 1.82) is 0 Å². The molecular formula is C17H18N2O5S. The van der Waals surface area contributed by atoms with E-state index in [1.807, 2.05) is 0 Å². The molecule has 1 aliphatic rings. The second-order valence-corrected chi connectivity index (χ2v) is 7.34. The molecule has 3 rings (SSSR count). The highest BCUT2D eigenvalue weighted by molar-refractivity contribution is 7.89. The number of rotatable bonds is 7. The number of nitrogens with zero attached hydrogens (tertiary/aromatic N) is 1. The van der Waals surface area contributed by atoms with Crippen molar-refractivity contribution in [2.75, 3.05) is 7.11 Å². The number of ether oxygens (including phenoxy) is 2. The van der Waals surface area contributed by atoms with E-state index in [9.17, 15) is 13.2 Å². The van der Waals surface area contributed by atoms with Crippen LogP contribution in [0.15, 0.2) is 47.5 Å². The summed E-state index contributed by atoms with van der Waals surface area (Å²) in [5, 5.41) is 0. The lowest BCUT2D eigenvalue weighted by Crippen LogP contribution is -2.26. The smallest absolute Gasteiger partial charge is 0.338 e. The van der Waals surface area contributed by atoms with Crippen molar-refractivity contribution in [1.82, 2.24) is 9.71 Å². The first-order valence-corrected chi connectivity index (χ1v) is 9.25. The van der Waals surface area contributed by atoms with Crippen molar-refractivity contribution in [3.8, 4) is 5.75 Å². The van der Waals surface area contributed by atoms with E-state index >= 15 is 0 Å². The summed E-state index contributed by atoms with van der Waals surface area (Å²) >= 11 is 0. The van der Waals surface area contributed by atoms with E-state index in [4.69, 9.17) is 9.47 Å². The molecule has 1 N–H and O–H groups in total. The second-order valence-electron chi connectivity index (χ2n) is 5.66. The Labute approximate surface area is 146 Å². The average Bonchev–Trinajstić information content (AvgIpc) is 3.43. The zero-order chi connectivity index (χ0) is 17.9. The fourth-order valence-corrected chi connectivity index (χ4v) is 3.70. The molecule has 25 heavy (non-hydrogen) atoms. The summed E-state index contributed by atoms with van der Waals surface area (Å²) in [4.78, 5) is 16.2. The first-order valence-electron chi connectivity index (χ1n) is 7.77. The van der Waals surface area contributed by atoms with Gasteiger partial charge in [0.2, 0.25) is 10.0 Å². The Hall–Kier alpha value is -2.45. The predicted octanol–water partition coefficient (Wildman–Crippen LogP) is 1.89. The van der Waals surface area contributed by atoms with Crippen LogP contribution in [0.4, 0.5) is 0 Å². The first kappa shape index (κ1) is 17.4. The molecule has 0 saturated heterocycles. The molecule has 2 aromatic rings. The molecule has 0 atom stereocenters. The second kappa shape index (κ2) is 7.20. The van der Waals surface area contributed by atoms with Crippen molar-refractivity contribution in [2.24, 2.45) is 0 Å². The van der Waals surface area contributed by atoms with E-state index in [0.717, 1.165) is 12.8 Å². The Balaban J connectivity index is 1.79. The molecule has 1 saturated carbocycles. The molecule has 7 nitrogen and oxygen atoms in total. The number of carbonyl (C=O) groups is 1. The minimum absolute atomic E-state index is 0.00805. The van der Waals surface area contributed by atoms with Crippen LogP contribution in [-0.4, -0.2) is 32.5 Å². The maximum absolute atomic E-state index is 12.5. The van der Waals surface area contributed by atoms with Gasteiger partial charge in [-0.25, -0.2) is 17.9 Å². The van der Waals surface area contributed by atoms with Gasteiger partial charge in [0, 0.05) is 12.2 Å². The molecule has 1 aromatic carbocycles. The molecule has 8 heteroatoms. The van der Waals surface area contributed by atoms with Gasteiger partial charge in [0.1, 0.15) is 17.3 Å². The number of nitrogens with one attached hydrogen (secondary N) is 1. The highest BCUT2D eigenvalue weighted by atomic mass is 32.2. The molecular weight excluding hydrogens is 344 g/mol. The molecule has 0 radical (unpaired) electrons. The monoisotopic (exact) mass is 362 g/mol. The van der Waals surface area contributed by atoms with E-state index in [1.165, 1.54) is 25.3 Å². The minimum atomic E-state index is -3.76. The summed E-state index contributed by atoms with van der Waals surface area (Å²) in [6.45, 7) is 0.00805. The van der Waals surface area contributed by atoms with Gasteiger partial charge in [0.05, 0.1) is 18.4 Å². The number of benzene rings is 1. The van der Waals surface area contributed by atoms with E-state index in [1.54, 1.807) is 24.4 Å². The van der Waals surface area contributed by atoms with Gasteiger partial charge >= 0.3 is 5.97 Å². The van der Waals surface area contributed by atoms with E-state index < -0.39 is 16.0 Å². The van der Waals surface area contributed by atoms with Crippen molar-refractivity contribution in [3.63, 3.8) is 0 Å². The lowest BCUT2D eigenvalue weighted by Gasteiger charge is -2.12. The molecule has 132 valence electrons. The third-order valence-corrected chi connectivity index (χ3v) is 5.21. The average molecular weight is 362 g/mol. The van der Waals surface area contributed by atoms with Crippen LogP contribution in [0, 0.1) is 0 Å². The largest absolute Gasteiger partial charge is 0.495 e. The third-order valence-electron chi connectivity index (χ3n) is 3.67. The van der Waals surface area contributed by atoms with Crippen molar-refractivity contribution >= 4 is 16.0 Å². The molecule has 0 amide bonds. The normalized spacial score (nSPS) is 14.1. The highest BCUT2D eigenvalue weighted by Gasteiger charge is 2.30.